The van der Waals surface area contributed by atoms with Crippen molar-refractivity contribution in [2.75, 3.05) is 6.61 Å². The largest absolute Gasteiger partial charge is 0.503 e. The van der Waals surface area contributed by atoms with Crippen molar-refractivity contribution < 1.29 is 23.4 Å². The van der Waals surface area contributed by atoms with Gasteiger partial charge in [0.1, 0.15) is 0 Å². The molecule has 17 heavy (non-hydrogen) atoms. The molecule has 0 aliphatic carbocycles. The SMILES string of the molecule is CCOC(=O)CC(C)c1cc(F)c(O)c(F)c1. The van der Waals surface area contributed by atoms with Crippen molar-refractivity contribution in [1.82, 2.24) is 0 Å². The molecule has 1 rings (SSSR count). The monoisotopic (exact) mass is 244 g/mol. The molecule has 0 spiro atoms. The lowest BCUT2D eigenvalue weighted by Gasteiger charge is -2.12. The van der Waals surface area contributed by atoms with Crippen molar-refractivity contribution in [3.63, 3.8) is 0 Å². The van der Waals surface area contributed by atoms with Crippen molar-refractivity contribution in [1.29, 1.82) is 0 Å². The van der Waals surface area contributed by atoms with E-state index in [0.29, 0.717) is 5.56 Å². The molecule has 0 aliphatic rings. The maximum Gasteiger partial charge on any atom is 0.306 e. The second-order valence-electron chi connectivity index (χ2n) is 3.74. The number of benzene rings is 1. The van der Waals surface area contributed by atoms with Gasteiger partial charge in [-0.25, -0.2) is 8.78 Å². The number of carbonyl (C=O) groups is 1. The first-order valence-corrected chi connectivity index (χ1v) is 5.29. The maximum absolute atomic E-state index is 13.1. The maximum atomic E-state index is 13.1. The Morgan fingerprint density at radius 1 is 1.41 bits per heavy atom. The predicted octanol–water partition coefficient (Wildman–Crippen LogP) is 2.73. The lowest BCUT2D eigenvalue weighted by atomic mass is 9.97. The van der Waals surface area contributed by atoms with Gasteiger partial charge in [-0.2, -0.15) is 0 Å². The summed E-state index contributed by atoms with van der Waals surface area (Å²) in [5.41, 5.74) is 0.311. The molecule has 0 heterocycles. The van der Waals surface area contributed by atoms with E-state index in [1.807, 2.05) is 0 Å². The van der Waals surface area contributed by atoms with Gasteiger partial charge in [-0.05, 0) is 30.5 Å². The average molecular weight is 244 g/mol. The Bertz CT molecular complexity index is 395. The zero-order valence-corrected chi connectivity index (χ0v) is 9.67. The summed E-state index contributed by atoms with van der Waals surface area (Å²) in [6.45, 7) is 3.61. The van der Waals surface area contributed by atoms with E-state index < -0.39 is 23.4 Å². The summed E-state index contributed by atoms with van der Waals surface area (Å²) in [5, 5.41) is 8.94. The molecule has 0 aromatic heterocycles. The van der Waals surface area contributed by atoms with Crippen molar-refractivity contribution in [2.24, 2.45) is 0 Å². The van der Waals surface area contributed by atoms with Gasteiger partial charge in [0.05, 0.1) is 13.0 Å². The first-order chi connectivity index (χ1) is 7.95. The Morgan fingerprint density at radius 2 is 1.94 bits per heavy atom. The fourth-order valence-electron chi connectivity index (χ4n) is 1.46. The van der Waals surface area contributed by atoms with Crippen LogP contribution < -0.4 is 0 Å². The van der Waals surface area contributed by atoms with Gasteiger partial charge in [0.15, 0.2) is 17.4 Å². The number of aromatic hydroxyl groups is 1. The molecule has 94 valence electrons. The Kier molecular flexibility index (Phi) is 4.43. The van der Waals surface area contributed by atoms with Crippen molar-refractivity contribution in [3.05, 3.63) is 29.3 Å². The fourth-order valence-corrected chi connectivity index (χ4v) is 1.46. The van der Waals surface area contributed by atoms with Crippen LogP contribution in [0.15, 0.2) is 12.1 Å². The number of rotatable bonds is 4. The van der Waals surface area contributed by atoms with Crippen LogP contribution in [0.3, 0.4) is 0 Å². The van der Waals surface area contributed by atoms with Crippen LogP contribution >= 0.6 is 0 Å². The molecule has 1 unspecified atom stereocenters. The van der Waals surface area contributed by atoms with Crippen LogP contribution in [0.25, 0.3) is 0 Å². The standard InChI is InChI=1S/C12H14F2O3/c1-3-17-11(15)4-7(2)8-5-9(13)12(16)10(14)6-8/h5-7,16H,3-4H2,1-2H3. The number of hydrogen-bond donors (Lipinski definition) is 1. The summed E-state index contributed by atoms with van der Waals surface area (Å²) in [4.78, 5) is 11.2. The highest BCUT2D eigenvalue weighted by Gasteiger charge is 2.16. The first kappa shape index (κ1) is 13.4. The molecule has 0 fully saturated rings. The molecule has 5 heteroatoms. The Morgan fingerprint density at radius 3 is 2.41 bits per heavy atom. The quantitative estimate of drug-likeness (QED) is 0.828. The van der Waals surface area contributed by atoms with Crippen LogP contribution in [0.2, 0.25) is 0 Å². The van der Waals surface area contributed by atoms with Crippen LogP contribution in [0, 0.1) is 11.6 Å². The van der Waals surface area contributed by atoms with Gasteiger partial charge in [-0.1, -0.05) is 6.92 Å². The third-order valence-electron chi connectivity index (χ3n) is 2.39. The van der Waals surface area contributed by atoms with Gasteiger partial charge < -0.3 is 9.84 Å². The van der Waals surface area contributed by atoms with E-state index in [1.54, 1.807) is 13.8 Å². The molecule has 0 saturated carbocycles. The second-order valence-corrected chi connectivity index (χ2v) is 3.74. The Hall–Kier alpha value is -1.65. The highest BCUT2D eigenvalue weighted by molar-refractivity contribution is 5.70. The zero-order valence-electron chi connectivity index (χ0n) is 9.67. The molecule has 1 atom stereocenters. The number of phenols is 1. The third-order valence-corrected chi connectivity index (χ3v) is 2.39. The first-order valence-electron chi connectivity index (χ1n) is 5.29. The minimum atomic E-state index is -1.03. The van der Waals surface area contributed by atoms with Gasteiger partial charge in [-0.15, -0.1) is 0 Å². The summed E-state index contributed by atoms with van der Waals surface area (Å²) < 4.78 is 30.9. The van der Waals surface area contributed by atoms with Crippen molar-refractivity contribution >= 4 is 5.97 Å². The van der Waals surface area contributed by atoms with Gasteiger partial charge in [-0.3, -0.25) is 4.79 Å². The minimum Gasteiger partial charge on any atom is -0.503 e. The Labute approximate surface area is 98.0 Å². The van der Waals surface area contributed by atoms with E-state index in [9.17, 15) is 13.6 Å². The van der Waals surface area contributed by atoms with E-state index in [2.05, 4.69) is 0 Å². The van der Waals surface area contributed by atoms with E-state index in [1.165, 1.54) is 0 Å². The predicted molar refractivity (Wildman–Crippen MR) is 57.7 cm³/mol. The van der Waals surface area contributed by atoms with E-state index in [0.717, 1.165) is 12.1 Å². The molecule has 0 radical (unpaired) electrons. The normalized spacial score (nSPS) is 12.2. The summed E-state index contributed by atoms with van der Waals surface area (Å²) in [5.74, 6) is -3.86. The van der Waals surface area contributed by atoms with E-state index in [4.69, 9.17) is 9.84 Å². The fraction of sp³-hybridized carbons (Fsp3) is 0.417. The second kappa shape index (κ2) is 5.61. The van der Waals surface area contributed by atoms with Gasteiger partial charge >= 0.3 is 5.97 Å². The van der Waals surface area contributed by atoms with Crippen LogP contribution in [0.4, 0.5) is 8.78 Å². The molecular formula is C12H14F2O3. The molecule has 0 amide bonds. The Balaban J connectivity index is 2.82. The van der Waals surface area contributed by atoms with E-state index in [-0.39, 0.29) is 18.9 Å². The summed E-state index contributed by atoms with van der Waals surface area (Å²) in [7, 11) is 0. The van der Waals surface area contributed by atoms with Crippen LogP contribution in [-0.2, 0) is 9.53 Å². The van der Waals surface area contributed by atoms with Gasteiger partial charge in [0.2, 0.25) is 0 Å². The topological polar surface area (TPSA) is 46.5 Å². The molecule has 0 bridgehead atoms. The van der Waals surface area contributed by atoms with E-state index >= 15 is 0 Å². The van der Waals surface area contributed by atoms with Crippen LogP contribution in [0.5, 0.6) is 5.75 Å². The average Bonchev–Trinajstić information content (AvgIpc) is 2.25. The number of phenolic OH excluding ortho intramolecular Hbond substituents is 1. The van der Waals surface area contributed by atoms with Gasteiger partial charge in [0.25, 0.3) is 0 Å². The summed E-state index contributed by atoms with van der Waals surface area (Å²) in [6, 6.07) is 2.03. The minimum absolute atomic E-state index is 0.0392. The molecular weight excluding hydrogens is 230 g/mol. The lowest BCUT2D eigenvalue weighted by Crippen LogP contribution is -2.08. The molecule has 0 saturated heterocycles. The number of esters is 1. The van der Waals surface area contributed by atoms with Crippen LogP contribution in [0.1, 0.15) is 31.7 Å². The molecule has 0 aliphatic heterocycles. The molecule has 1 aromatic carbocycles. The highest BCUT2D eigenvalue weighted by Crippen LogP contribution is 2.27. The molecule has 1 N–H and O–H groups in total. The summed E-state index contributed by atoms with van der Waals surface area (Å²) >= 11 is 0. The highest BCUT2D eigenvalue weighted by atomic mass is 19.1. The smallest absolute Gasteiger partial charge is 0.306 e. The van der Waals surface area contributed by atoms with Gasteiger partial charge in [0, 0.05) is 0 Å². The number of carbonyl (C=O) groups excluding carboxylic acids is 1. The van der Waals surface area contributed by atoms with Crippen molar-refractivity contribution in [3.8, 4) is 5.75 Å². The van der Waals surface area contributed by atoms with Crippen molar-refractivity contribution in [2.45, 2.75) is 26.2 Å². The molecule has 1 aromatic rings. The molecule has 3 nitrogen and oxygen atoms in total. The lowest BCUT2D eigenvalue weighted by molar-refractivity contribution is -0.143. The number of hydrogen-bond acceptors (Lipinski definition) is 3. The van der Waals surface area contributed by atoms with Crippen LogP contribution in [-0.4, -0.2) is 17.7 Å². The number of halogens is 2. The third kappa shape index (κ3) is 3.41. The summed E-state index contributed by atoms with van der Waals surface area (Å²) in [6.07, 6.45) is 0.0392. The number of ether oxygens (including phenoxy) is 1. The zero-order chi connectivity index (χ0) is 13.0.